The molecule has 3 N–H and O–H groups in total. The smallest absolute Gasteiger partial charge is 0.238 e. The average molecular weight is 422 g/mol. The van der Waals surface area contributed by atoms with Gasteiger partial charge in [0.2, 0.25) is 10.0 Å². The molecule has 1 heterocycles. The number of aromatic nitrogens is 2. The van der Waals surface area contributed by atoms with Crippen molar-refractivity contribution < 1.29 is 8.42 Å². The topological polar surface area (TPSA) is 88.8 Å². The lowest BCUT2D eigenvalue weighted by molar-refractivity contribution is 0.598. The number of sulfonamides is 1. The van der Waals surface area contributed by atoms with Crippen molar-refractivity contribution in [1.29, 1.82) is 0 Å². The first-order valence-electron chi connectivity index (χ1n) is 8.96. The fraction of sp³-hybridized carbons (Fsp3) is 0.0455. The van der Waals surface area contributed by atoms with Gasteiger partial charge in [-0.2, -0.15) is 0 Å². The molecule has 5 nitrogen and oxygen atoms in total. The molecular formula is C22H19N3O2S2. The van der Waals surface area contributed by atoms with Gasteiger partial charge in [0.25, 0.3) is 0 Å². The van der Waals surface area contributed by atoms with E-state index in [9.17, 15) is 8.42 Å². The van der Waals surface area contributed by atoms with Gasteiger partial charge in [0, 0.05) is 16.9 Å². The van der Waals surface area contributed by atoms with E-state index in [1.807, 2.05) is 48.5 Å². The largest absolute Gasteiger partial charge is 0.332 e. The van der Waals surface area contributed by atoms with E-state index in [-0.39, 0.29) is 4.90 Å². The first-order valence-corrected chi connectivity index (χ1v) is 11.5. The lowest BCUT2D eigenvalue weighted by Gasteiger charge is -2.04. The summed E-state index contributed by atoms with van der Waals surface area (Å²) in [5, 5.41) is 6.02. The van der Waals surface area contributed by atoms with Gasteiger partial charge in [0.1, 0.15) is 0 Å². The maximum absolute atomic E-state index is 11.5. The van der Waals surface area contributed by atoms with Crippen molar-refractivity contribution in [2.75, 3.05) is 0 Å². The Balaban J connectivity index is 1.70. The number of primary sulfonamides is 1. The highest BCUT2D eigenvalue weighted by atomic mass is 32.2. The highest BCUT2D eigenvalue weighted by molar-refractivity contribution is 7.98. The van der Waals surface area contributed by atoms with Crippen molar-refractivity contribution in [2.24, 2.45) is 5.14 Å². The maximum atomic E-state index is 11.5. The molecule has 0 amide bonds. The fourth-order valence-electron chi connectivity index (χ4n) is 2.97. The van der Waals surface area contributed by atoms with Crippen LogP contribution in [0.1, 0.15) is 5.56 Å². The predicted molar refractivity (Wildman–Crippen MR) is 117 cm³/mol. The third-order valence-corrected chi connectivity index (χ3v) is 6.29. The van der Waals surface area contributed by atoms with Gasteiger partial charge in [0.05, 0.1) is 16.3 Å². The highest BCUT2D eigenvalue weighted by Crippen LogP contribution is 2.33. The minimum absolute atomic E-state index is 0.0840. The van der Waals surface area contributed by atoms with Crippen LogP contribution in [0.2, 0.25) is 0 Å². The molecule has 0 atom stereocenters. The van der Waals surface area contributed by atoms with Gasteiger partial charge in [-0.25, -0.2) is 18.5 Å². The fourth-order valence-corrected chi connectivity index (χ4v) is 4.31. The Hall–Kier alpha value is -2.87. The van der Waals surface area contributed by atoms with Gasteiger partial charge >= 0.3 is 0 Å². The van der Waals surface area contributed by atoms with E-state index in [1.165, 1.54) is 17.7 Å². The van der Waals surface area contributed by atoms with Crippen molar-refractivity contribution in [2.45, 2.75) is 15.8 Å². The zero-order chi connectivity index (χ0) is 20.3. The number of nitrogens with one attached hydrogen (secondary N) is 1. The summed E-state index contributed by atoms with van der Waals surface area (Å²) >= 11 is 1.62. The Morgan fingerprint density at radius 3 is 2.07 bits per heavy atom. The highest BCUT2D eigenvalue weighted by Gasteiger charge is 2.16. The minimum Gasteiger partial charge on any atom is -0.332 e. The van der Waals surface area contributed by atoms with Crippen LogP contribution in [0.4, 0.5) is 0 Å². The molecule has 0 aliphatic rings. The van der Waals surface area contributed by atoms with E-state index in [4.69, 9.17) is 10.1 Å². The zero-order valence-corrected chi connectivity index (χ0v) is 17.1. The summed E-state index contributed by atoms with van der Waals surface area (Å²) < 4.78 is 23.1. The lowest BCUT2D eigenvalue weighted by Crippen LogP contribution is -2.11. The van der Waals surface area contributed by atoms with Crippen LogP contribution in [-0.2, 0) is 15.8 Å². The molecule has 0 saturated heterocycles. The molecule has 0 spiro atoms. The second kappa shape index (κ2) is 8.24. The van der Waals surface area contributed by atoms with E-state index in [1.54, 1.807) is 23.9 Å². The van der Waals surface area contributed by atoms with E-state index in [0.717, 1.165) is 33.4 Å². The van der Waals surface area contributed by atoms with Crippen LogP contribution in [0.15, 0.2) is 95.0 Å². The summed E-state index contributed by atoms with van der Waals surface area (Å²) in [5.74, 6) is 0.798. The molecule has 0 aliphatic carbocycles. The van der Waals surface area contributed by atoms with Crippen molar-refractivity contribution in [3.05, 3.63) is 90.5 Å². The van der Waals surface area contributed by atoms with E-state index in [2.05, 4.69) is 17.1 Å². The van der Waals surface area contributed by atoms with Crippen LogP contribution in [0, 0.1) is 0 Å². The quantitative estimate of drug-likeness (QED) is 0.442. The summed E-state index contributed by atoms with van der Waals surface area (Å²) in [7, 11) is -3.73. The molecule has 0 bridgehead atoms. The normalized spacial score (nSPS) is 11.5. The van der Waals surface area contributed by atoms with Crippen molar-refractivity contribution in [3.63, 3.8) is 0 Å². The standard InChI is InChI=1S/C22H19N3O2S2/c23-29(26,27)19-13-11-18(12-14-19)21-20(17-9-5-2-6-10-17)24-22(25-21)28-15-16-7-3-1-4-8-16/h1-14H,15H2,(H,24,25)(H2,23,26,27). The molecule has 0 radical (unpaired) electrons. The second-order valence-corrected chi connectivity index (χ2v) is 9.00. The molecule has 4 rings (SSSR count). The number of nitrogens with zero attached hydrogens (tertiary/aromatic N) is 1. The van der Waals surface area contributed by atoms with E-state index in [0.29, 0.717) is 0 Å². The Bertz CT molecular complexity index is 1200. The first kappa shape index (κ1) is 19.4. The van der Waals surface area contributed by atoms with Gasteiger partial charge in [-0.1, -0.05) is 84.6 Å². The van der Waals surface area contributed by atoms with Gasteiger partial charge < -0.3 is 4.98 Å². The van der Waals surface area contributed by atoms with Crippen LogP contribution < -0.4 is 5.14 Å². The van der Waals surface area contributed by atoms with Gasteiger partial charge in [-0.05, 0) is 17.7 Å². The number of rotatable bonds is 6. The molecule has 0 fully saturated rings. The number of benzene rings is 3. The Morgan fingerprint density at radius 1 is 0.828 bits per heavy atom. The van der Waals surface area contributed by atoms with Crippen LogP contribution in [-0.4, -0.2) is 18.4 Å². The molecule has 146 valence electrons. The number of aromatic amines is 1. The molecule has 0 aliphatic heterocycles. The minimum atomic E-state index is -3.73. The van der Waals surface area contributed by atoms with Crippen molar-refractivity contribution >= 4 is 21.8 Å². The molecule has 29 heavy (non-hydrogen) atoms. The molecular weight excluding hydrogens is 402 g/mol. The van der Waals surface area contributed by atoms with Gasteiger partial charge in [-0.3, -0.25) is 0 Å². The van der Waals surface area contributed by atoms with Crippen molar-refractivity contribution in [1.82, 2.24) is 9.97 Å². The molecule has 7 heteroatoms. The van der Waals surface area contributed by atoms with Gasteiger partial charge in [0.15, 0.2) is 5.16 Å². The zero-order valence-electron chi connectivity index (χ0n) is 15.4. The number of imidazole rings is 1. The molecule has 1 aromatic heterocycles. The molecule has 4 aromatic rings. The number of hydrogen-bond acceptors (Lipinski definition) is 4. The third kappa shape index (κ3) is 4.59. The maximum Gasteiger partial charge on any atom is 0.238 e. The Kier molecular flexibility index (Phi) is 5.53. The van der Waals surface area contributed by atoms with Crippen LogP contribution in [0.3, 0.4) is 0 Å². The SMILES string of the molecule is NS(=O)(=O)c1ccc(-c2[nH]c(SCc3ccccc3)nc2-c2ccccc2)cc1. The molecule has 0 unspecified atom stereocenters. The Morgan fingerprint density at radius 2 is 1.45 bits per heavy atom. The summed E-state index contributed by atoms with van der Waals surface area (Å²) in [5.41, 5.74) is 4.71. The Labute approximate surface area is 174 Å². The van der Waals surface area contributed by atoms with Crippen LogP contribution >= 0.6 is 11.8 Å². The predicted octanol–water partition coefficient (Wildman–Crippen LogP) is 4.68. The summed E-state index contributed by atoms with van der Waals surface area (Å²) in [6.45, 7) is 0. The molecule has 0 saturated carbocycles. The summed E-state index contributed by atoms with van der Waals surface area (Å²) in [6, 6.07) is 26.6. The van der Waals surface area contributed by atoms with Crippen LogP contribution in [0.5, 0.6) is 0 Å². The van der Waals surface area contributed by atoms with Gasteiger partial charge in [-0.15, -0.1) is 0 Å². The second-order valence-electron chi connectivity index (χ2n) is 6.48. The van der Waals surface area contributed by atoms with Crippen molar-refractivity contribution in [3.8, 4) is 22.5 Å². The third-order valence-electron chi connectivity index (χ3n) is 4.42. The monoisotopic (exact) mass is 421 g/mol. The van der Waals surface area contributed by atoms with E-state index >= 15 is 0 Å². The van der Waals surface area contributed by atoms with E-state index < -0.39 is 10.0 Å². The summed E-state index contributed by atoms with van der Waals surface area (Å²) in [4.78, 5) is 8.29. The summed E-state index contributed by atoms with van der Waals surface area (Å²) in [6.07, 6.45) is 0. The first-order chi connectivity index (χ1) is 14.0. The number of nitrogens with two attached hydrogens (primary N) is 1. The number of H-pyrrole nitrogens is 1. The van der Waals surface area contributed by atoms with Crippen LogP contribution in [0.25, 0.3) is 22.5 Å². The lowest BCUT2D eigenvalue weighted by atomic mass is 10.1. The number of hydrogen-bond donors (Lipinski definition) is 2. The number of thioether (sulfide) groups is 1. The molecule has 3 aromatic carbocycles. The average Bonchev–Trinajstić information content (AvgIpc) is 3.17.